The van der Waals surface area contributed by atoms with Gasteiger partial charge in [0.25, 0.3) is 0 Å². The number of halogens is 7. The van der Waals surface area contributed by atoms with Crippen molar-refractivity contribution < 1.29 is 84.9 Å². The zero-order valence-corrected chi connectivity index (χ0v) is 86.7. The van der Waals surface area contributed by atoms with Crippen molar-refractivity contribution in [2.45, 2.75) is 86.7 Å². The Kier molecular flexibility index (Phi) is 31.4. The number of epoxide rings is 1. The second-order valence-corrected chi connectivity index (χ2v) is 41.8. The number of rotatable bonds is 20. The molecule has 7 aliphatic heterocycles. The fourth-order valence-electron chi connectivity index (χ4n) is 20.0. The molecule has 0 spiro atoms. The average molecular weight is 2170 g/mol. The number of ether oxygens (including phenoxy) is 10. The first-order chi connectivity index (χ1) is 72.2. The van der Waals surface area contributed by atoms with Gasteiger partial charge in [-0.25, -0.2) is 27.6 Å². The van der Waals surface area contributed by atoms with Crippen LogP contribution in [0.5, 0.6) is 46.0 Å². The third kappa shape index (κ3) is 23.6. The molecule has 0 saturated carbocycles. The van der Waals surface area contributed by atoms with E-state index in [0.29, 0.717) is 167 Å². The molecule has 7 aliphatic rings. The predicted molar refractivity (Wildman–Crippen MR) is 573 cm³/mol. The minimum atomic E-state index is -3.66. The highest BCUT2D eigenvalue weighted by Gasteiger charge is 2.42. The van der Waals surface area contributed by atoms with Crippen LogP contribution in [-0.4, -0.2) is 204 Å². The van der Waals surface area contributed by atoms with Crippen LogP contribution < -0.4 is 37.9 Å². The summed E-state index contributed by atoms with van der Waals surface area (Å²) in [7, 11) is -2.08. The Morgan fingerprint density at radius 3 is 0.980 bits per heavy atom. The van der Waals surface area contributed by atoms with E-state index in [0.717, 1.165) is 136 Å². The van der Waals surface area contributed by atoms with Crippen molar-refractivity contribution in [2.75, 3.05) is 99.0 Å². The quantitative estimate of drug-likeness (QED) is 0.0269. The number of aliphatic hydroxyl groups excluding tert-OH is 1. The summed E-state index contributed by atoms with van der Waals surface area (Å²) >= 11 is 43.1. The van der Waals surface area contributed by atoms with Crippen molar-refractivity contribution in [3.05, 3.63) is 369 Å². The van der Waals surface area contributed by atoms with Gasteiger partial charge in [0, 0.05) is 154 Å². The number of fused-ring (bicyclic) bond motifs is 12. The molecule has 3 saturated heterocycles. The normalized spacial score (nSPS) is 17.6. The Labute approximate surface area is 893 Å². The van der Waals surface area contributed by atoms with Crippen LogP contribution in [0.4, 0.5) is 19.2 Å². The van der Waals surface area contributed by atoms with Gasteiger partial charge in [-0.05, 0) is 315 Å². The lowest BCUT2D eigenvalue weighted by molar-refractivity contribution is -0.131. The van der Waals surface area contributed by atoms with Gasteiger partial charge in [0.1, 0.15) is 95.6 Å². The van der Waals surface area contributed by atoms with Gasteiger partial charge in [-0.3, -0.25) is 24.4 Å². The van der Waals surface area contributed by atoms with Crippen LogP contribution in [0, 0.1) is 0 Å². The van der Waals surface area contributed by atoms with Crippen LogP contribution in [0.1, 0.15) is 111 Å². The number of carbonyl (C=O) groups is 5. The number of esters is 1. The molecule has 11 heterocycles. The molecule has 12 aromatic carbocycles. The number of hydrogen-bond donors (Lipinski definition) is 5. The van der Waals surface area contributed by atoms with Crippen LogP contribution in [0.3, 0.4) is 0 Å². The van der Waals surface area contributed by atoms with Crippen LogP contribution in [0.25, 0.3) is 43.6 Å². The van der Waals surface area contributed by atoms with Crippen LogP contribution in [0.2, 0.25) is 35.2 Å². The van der Waals surface area contributed by atoms with Crippen LogP contribution in [-0.2, 0) is 50.0 Å². The van der Waals surface area contributed by atoms with Gasteiger partial charge in [0.05, 0.1) is 31.8 Å². The third-order valence-corrected chi connectivity index (χ3v) is 30.8. The standard InChI is InChI=1S/C31H31Cl2N3O4.C29H28ClN3O6S.C27H22Cl2N2O4.C26H20Cl2N2O4/c32-21-5-10-25(11-6-21)40-31(38)36-16-13-26-27-17-22(33)7-12-28(27)34-29(26)30(36)20-3-8-24(9-4-20)39-19-23(37)18-35-14-1-2-15-35;1-37-21-5-7-22(8-6-21)39-29(34)33-13-12-24-25-18-20(30)4-11-26(25)31-27(24)28(33)19-2-9-23(10-3-19)40(35,36)32-14-16-38-17-15-32;28-17-3-8-20(9-4-17)35-27(32)31-12-11-22-23-13-18(29)5-10-24(23)30-25(22)26(31)16-1-6-19(7-2-16)33-14-21-15-34-21;1-15(31)33-19-7-2-16(3-8-19)25-24-21(22-14-18(28)6-11-23(22)29-24)12-13-30(25)26(32)34-20-9-4-17(27)5-10-20/h3-12,17,23,30,34,37H,1-2,13-16,18-19H2;2-11,18,28,31H,12-17H2,1H3;1-10,13,21,26,30H,11-12,14-15H2;2-11,14,25,29H,12-13H2,1H3. The summed E-state index contributed by atoms with van der Waals surface area (Å²) in [6.45, 7) is 8.77. The number of nitrogens with one attached hydrogen (secondary N) is 4. The number of carbonyl (C=O) groups excluding carboxylic acids is 5. The smallest absolute Gasteiger partial charge is 0.416 e. The fourth-order valence-corrected chi connectivity index (χ4v) is 22.5. The average Bonchev–Trinajstić information content (AvgIpc) is 1.62. The molecule has 4 amide bonds. The van der Waals surface area contributed by atoms with E-state index in [-0.39, 0.29) is 23.6 Å². The molecule has 6 unspecified atom stereocenters. The number of aromatic amines is 4. The molecule has 149 heavy (non-hydrogen) atoms. The van der Waals surface area contributed by atoms with Crippen LogP contribution in [0.15, 0.2) is 272 Å². The van der Waals surface area contributed by atoms with E-state index >= 15 is 0 Å². The van der Waals surface area contributed by atoms with E-state index in [1.165, 1.54) is 24.1 Å². The van der Waals surface area contributed by atoms with Gasteiger partial charge in [0.2, 0.25) is 10.0 Å². The summed E-state index contributed by atoms with van der Waals surface area (Å²) in [5, 5.41) is 18.9. The highest BCUT2D eigenvalue weighted by molar-refractivity contribution is 7.89. The van der Waals surface area contributed by atoms with Crippen molar-refractivity contribution >= 4 is 165 Å². The Balaban J connectivity index is 0.000000121. The first kappa shape index (κ1) is 103. The van der Waals surface area contributed by atoms with Gasteiger partial charge in [-0.1, -0.05) is 130 Å². The van der Waals surface area contributed by atoms with E-state index in [1.54, 1.807) is 160 Å². The Morgan fingerprint density at radius 2 is 0.658 bits per heavy atom. The van der Waals surface area contributed by atoms with E-state index < -0.39 is 64.6 Å². The van der Waals surface area contributed by atoms with Crippen molar-refractivity contribution in [3.63, 3.8) is 0 Å². The van der Waals surface area contributed by atoms with Crippen molar-refractivity contribution in [2.24, 2.45) is 0 Å². The highest BCUT2D eigenvalue weighted by atomic mass is 35.5. The number of β-amino-alcohol motifs (C(OH)–C–C–N with tert-alkyl or cyclic N) is 1. The molecule has 766 valence electrons. The minimum Gasteiger partial charge on any atom is -0.497 e. The maximum Gasteiger partial charge on any atom is 0.416 e. The Hall–Kier alpha value is -13.5. The molecule has 0 bridgehead atoms. The fraction of sp³-hybridized carbons (Fsp3) is 0.248. The third-order valence-electron chi connectivity index (χ3n) is 27.2. The number of sulfonamides is 1. The summed E-state index contributed by atoms with van der Waals surface area (Å²) in [6, 6.07) is 77.6. The number of amides is 4. The van der Waals surface area contributed by atoms with Crippen molar-refractivity contribution in [1.82, 2.24) is 48.7 Å². The second kappa shape index (κ2) is 45.5. The maximum absolute atomic E-state index is 13.5. The number of aromatic nitrogens is 4. The molecule has 16 aromatic rings. The summed E-state index contributed by atoms with van der Waals surface area (Å²) in [6.07, 6.45) is 2.76. The van der Waals surface area contributed by atoms with E-state index in [1.807, 2.05) is 133 Å². The topological polar surface area (TPSA) is 318 Å². The number of nitrogens with zero attached hydrogens (tertiary/aromatic N) is 6. The molecule has 0 aliphatic carbocycles. The summed E-state index contributed by atoms with van der Waals surface area (Å²) in [4.78, 5) is 88.3. The number of aliphatic hydroxyl groups is 1. The lowest BCUT2D eigenvalue weighted by atomic mass is 9.92. The van der Waals surface area contributed by atoms with E-state index in [9.17, 15) is 37.5 Å². The minimum absolute atomic E-state index is 0.187. The lowest BCUT2D eigenvalue weighted by Crippen LogP contribution is -2.42. The summed E-state index contributed by atoms with van der Waals surface area (Å²) in [5.41, 5.74) is 15.4. The number of hydrogen-bond acceptors (Lipinski definition) is 19. The number of likely N-dealkylation sites (tertiary alicyclic amines) is 1. The number of morpholine rings is 1. The van der Waals surface area contributed by atoms with Gasteiger partial charge in [-0.15, -0.1) is 0 Å². The van der Waals surface area contributed by atoms with Gasteiger partial charge in [0.15, 0.2) is 0 Å². The summed E-state index contributed by atoms with van der Waals surface area (Å²) < 4.78 is 83.3. The molecule has 36 heteroatoms. The number of methoxy groups -OCH3 is 1. The first-order valence-corrected chi connectivity index (χ1v) is 52.8. The lowest BCUT2D eigenvalue weighted by Gasteiger charge is -2.35. The zero-order chi connectivity index (χ0) is 103. The first-order valence-electron chi connectivity index (χ1n) is 48.7. The molecule has 23 rings (SSSR count). The largest absolute Gasteiger partial charge is 0.497 e. The van der Waals surface area contributed by atoms with E-state index in [4.69, 9.17) is 129 Å². The van der Waals surface area contributed by atoms with Crippen LogP contribution >= 0.6 is 81.2 Å². The highest BCUT2D eigenvalue weighted by Crippen LogP contribution is 2.47. The second-order valence-electron chi connectivity index (χ2n) is 36.8. The zero-order valence-electron chi connectivity index (χ0n) is 80.6. The molecule has 4 aromatic heterocycles. The summed E-state index contributed by atoms with van der Waals surface area (Å²) in [5.74, 6) is 3.80. The maximum atomic E-state index is 13.5. The Bertz CT molecular complexity index is 7710. The Morgan fingerprint density at radius 1 is 0.369 bits per heavy atom. The molecular weight excluding hydrogens is 2070 g/mol. The SMILES string of the molecule is CC(=O)Oc1ccc(C2c3[nH]c4ccc(Cl)cc4c3CCN2C(=O)Oc2ccc(Cl)cc2)cc1.COc1ccc(OC(=O)N2CCc3c([nH]c4ccc(Cl)cc34)C2c2ccc(S(=O)(=O)N3CCOCC3)cc2)cc1.O=C(Oc1ccc(Cl)cc1)N1CCc2c([nH]c3ccc(Cl)cc23)C1c1ccc(OCC(O)CN2CCCC2)cc1.O=C(Oc1ccc(Cl)cc1)N1CCc2c([nH]c3ccc(Cl)cc23)C1c1ccc(OCC2CO2)cc1. The monoisotopic (exact) mass is 2160 g/mol. The van der Waals surface area contributed by atoms with Gasteiger partial charge >= 0.3 is 30.3 Å². The molecule has 6 atom stereocenters. The molecule has 28 nitrogen and oxygen atoms in total. The van der Waals surface area contributed by atoms with E-state index in [2.05, 4.69) is 24.8 Å². The molecular formula is C113H101Cl7N10O18S. The molecule has 3 fully saturated rings. The van der Waals surface area contributed by atoms with Crippen molar-refractivity contribution in [1.29, 1.82) is 0 Å². The van der Waals surface area contributed by atoms with Gasteiger partial charge in [-0.2, -0.15) is 4.31 Å². The predicted octanol–water partition coefficient (Wildman–Crippen LogP) is 24.4. The van der Waals surface area contributed by atoms with Gasteiger partial charge < -0.3 is 77.3 Å². The van der Waals surface area contributed by atoms with Crippen molar-refractivity contribution in [3.8, 4) is 46.0 Å². The number of benzene rings is 12. The molecule has 0 radical (unpaired) electrons. The molecule has 5 N–H and O–H groups in total. The number of H-pyrrole nitrogens is 4.